The van der Waals surface area contributed by atoms with Crippen LogP contribution in [0.3, 0.4) is 0 Å². The van der Waals surface area contributed by atoms with E-state index in [-0.39, 0.29) is 0 Å². The molecule has 104 valence electrons. The molecular weight excluding hydrogens is 260 g/mol. The third-order valence-corrected chi connectivity index (χ3v) is 3.61. The summed E-state index contributed by atoms with van der Waals surface area (Å²) < 4.78 is 5.36. The van der Waals surface area contributed by atoms with Gasteiger partial charge in [0.15, 0.2) is 0 Å². The molecule has 1 saturated carbocycles. The van der Waals surface area contributed by atoms with Gasteiger partial charge in [-0.2, -0.15) is 0 Å². The Morgan fingerprint density at radius 3 is 2.70 bits per heavy atom. The molecule has 0 radical (unpaired) electrons. The van der Waals surface area contributed by atoms with Gasteiger partial charge in [0, 0.05) is 6.07 Å². The Bertz CT molecular complexity index is 607. The number of urea groups is 1. The molecule has 0 bridgehead atoms. The molecule has 1 heterocycles. The van der Waals surface area contributed by atoms with Crippen LogP contribution in [0.25, 0.3) is 0 Å². The highest BCUT2D eigenvalue weighted by Gasteiger charge is 2.62. The van der Waals surface area contributed by atoms with Crippen molar-refractivity contribution in [2.75, 3.05) is 11.5 Å². The van der Waals surface area contributed by atoms with Crippen molar-refractivity contribution in [3.8, 4) is 5.75 Å². The molecule has 0 unspecified atom stereocenters. The first-order valence-electron chi connectivity index (χ1n) is 6.51. The average molecular weight is 274 g/mol. The van der Waals surface area contributed by atoms with Gasteiger partial charge in [0.2, 0.25) is 5.91 Å². The molecule has 1 aliphatic carbocycles. The second kappa shape index (κ2) is 4.33. The number of barbiturate groups is 1. The van der Waals surface area contributed by atoms with Crippen LogP contribution < -0.4 is 15.0 Å². The lowest BCUT2D eigenvalue weighted by atomic mass is 10.0. The summed E-state index contributed by atoms with van der Waals surface area (Å²) in [4.78, 5) is 37.1. The first-order valence-corrected chi connectivity index (χ1v) is 6.51. The van der Waals surface area contributed by atoms with E-state index in [1.54, 1.807) is 24.3 Å². The van der Waals surface area contributed by atoms with Gasteiger partial charge in [0.25, 0.3) is 5.91 Å². The maximum absolute atomic E-state index is 12.4. The third kappa shape index (κ3) is 1.76. The first kappa shape index (κ1) is 12.7. The largest absolute Gasteiger partial charge is 0.494 e. The smallest absolute Gasteiger partial charge is 0.335 e. The Kier molecular flexibility index (Phi) is 2.74. The minimum atomic E-state index is -1.03. The van der Waals surface area contributed by atoms with Crippen LogP contribution in [0, 0.1) is 5.41 Å². The number of benzene rings is 1. The van der Waals surface area contributed by atoms with E-state index in [0.29, 0.717) is 30.9 Å². The number of imide groups is 2. The van der Waals surface area contributed by atoms with E-state index in [2.05, 4.69) is 5.32 Å². The van der Waals surface area contributed by atoms with Crippen molar-refractivity contribution >= 4 is 23.5 Å². The van der Waals surface area contributed by atoms with E-state index < -0.39 is 23.3 Å². The number of anilines is 1. The van der Waals surface area contributed by atoms with Gasteiger partial charge in [-0.1, -0.05) is 6.07 Å². The number of hydrogen-bond donors (Lipinski definition) is 1. The van der Waals surface area contributed by atoms with E-state index >= 15 is 0 Å². The fourth-order valence-electron chi connectivity index (χ4n) is 2.36. The number of hydrogen-bond acceptors (Lipinski definition) is 4. The zero-order chi connectivity index (χ0) is 14.3. The number of nitrogens with one attached hydrogen (secondary N) is 1. The molecule has 0 aromatic heterocycles. The number of rotatable bonds is 3. The molecular formula is C14H14N2O4. The molecule has 6 heteroatoms. The van der Waals surface area contributed by atoms with Crippen molar-refractivity contribution in [2.45, 2.75) is 19.8 Å². The van der Waals surface area contributed by atoms with Gasteiger partial charge >= 0.3 is 6.03 Å². The average Bonchev–Trinajstić information content (AvgIpc) is 3.19. The second-order valence-corrected chi connectivity index (χ2v) is 4.91. The number of carbonyl (C=O) groups excluding carboxylic acids is 3. The Balaban J connectivity index is 1.96. The predicted octanol–water partition coefficient (Wildman–Crippen LogP) is 1.45. The summed E-state index contributed by atoms with van der Waals surface area (Å²) in [6.45, 7) is 2.34. The van der Waals surface area contributed by atoms with Crippen LogP contribution in [0.1, 0.15) is 19.8 Å². The molecule has 2 aliphatic rings. The maximum atomic E-state index is 12.4. The number of ether oxygens (including phenoxy) is 1. The van der Waals surface area contributed by atoms with Gasteiger partial charge < -0.3 is 4.74 Å². The summed E-state index contributed by atoms with van der Waals surface area (Å²) in [6.07, 6.45) is 0.985. The van der Waals surface area contributed by atoms with Crippen LogP contribution in [0.2, 0.25) is 0 Å². The van der Waals surface area contributed by atoms with Crippen molar-refractivity contribution in [2.24, 2.45) is 5.41 Å². The minimum Gasteiger partial charge on any atom is -0.494 e. The summed E-state index contributed by atoms with van der Waals surface area (Å²) in [5, 5.41) is 2.25. The van der Waals surface area contributed by atoms with Crippen molar-refractivity contribution < 1.29 is 19.1 Å². The van der Waals surface area contributed by atoms with Crippen molar-refractivity contribution in [3.05, 3.63) is 24.3 Å². The van der Waals surface area contributed by atoms with Crippen molar-refractivity contribution in [1.29, 1.82) is 0 Å². The highest BCUT2D eigenvalue weighted by Crippen LogP contribution is 2.49. The quantitative estimate of drug-likeness (QED) is 0.846. The van der Waals surface area contributed by atoms with E-state index in [4.69, 9.17) is 4.74 Å². The topological polar surface area (TPSA) is 75.7 Å². The molecule has 1 N–H and O–H groups in total. The fraction of sp³-hybridized carbons (Fsp3) is 0.357. The van der Waals surface area contributed by atoms with Gasteiger partial charge in [0.05, 0.1) is 12.3 Å². The third-order valence-electron chi connectivity index (χ3n) is 3.61. The van der Waals surface area contributed by atoms with Crippen LogP contribution in [-0.2, 0) is 9.59 Å². The molecule has 0 atom stereocenters. The van der Waals surface area contributed by atoms with Gasteiger partial charge in [-0.05, 0) is 31.9 Å². The molecule has 1 aliphatic heterocycles. The van der Waals surface area contributed by atoms with Gasteiger partial charge in [0.1, 0.15) is 11.2 Å². The van der Waals surface area contributed by atoms with E-state index in [9.17, 15) is 14.4 Å². The molecule has 2 fully saturated rings. The predicted molar refractivity (Wildman–Crippen MR) is 70.3 cm³/mol. The number of nitrogens with zero attached hydrogens (tertiary/aromatic N) is 1. The highest BCUT2D eigenvalue weighted by molar-refractivity contribution is 6.31. The Hall–Kier alpha value is -2.37. The summed E-state index contributed by atoms with van der Waals surface area (Å²) in [5.41, 5.74) is -0.618. The van der Waals surface area contributed by atoms with Crippen LogP contribution in [-0.4, -0.2) is 24.5 Å². The molecule has 1 aromatic carbocycles. The van der Waals surface area contributed by atoms with Crippen molar-refractivity contribution in [1.82, 2.24) is 5.32 Å². The van der Waals surface area contributed by atoms with Gasteiger partial charge in [-0.3, -0.25) is 14.9 Å². The van der Waals surface area contributed by atoms with E-state index in [0.717, 1.165) is 4.90 Å². The highest BCUT2D eigenvalue weighted by atomic mass is 16.5. The zero-order valence-corrected chi connectivity index (χ0v) is 11.0. The number of carbonyl (C=O) groups is 3. The standard InChI is InChI=1S/C14H14N2O4/c1-2-20-10-5-3-4-9(8-10)16-12(18)14(6-7-14)11(17)15-13(16)19/h3-5,8H,2,6-7H2,1H3,(H,15,17,19). The molecule has 4 amide bonds. The minimum absolute atomic E-state index is 0.414. The van der Waals surface area contributed by atoms with Gasteiger partial charge in [-0.15, -0.1) is 0 Å². The molecule has 6 nitrogen and oxygen atoms in total. The Morgan fingerprint density at radius 1 is 1.30 bits per heavy atom. The lowest BCUT2D eigenvalue weighted by Gasteiger charge is -2.30. The molecule has 20 heavy (non-hydrogen) atoms. The normalized spacial score (nSPS) is 20.1. The lowest BCUT2D eigenvalue weighted by molar-refractivity contribution is -0.136. The number of amides is 4. The zero-order valence-electron chi connectivity index (χ0n) is 11.0. The summed E-state index contributed by atoms with van der Waals surface area (Å²) in [7, 11) is 0. The van der Waals surface area contributed by atoms with Crippen LogP contribution in [0.5, 0.6) is 5.75 Å². The Morgan fingerprint density at radius 2 is 2.05 bits per heavy atom. The van der Waals surface area contributed by atoms with E-state index in [1.807, 2.05) is 6.92 Å². The molecule has 1 aromatic rings. The maximum Gasteiger partial charge on any atom is 0.335 e. The molecule has 1 spiro atoms. The van der Waals surface area contributed by atoms with Crippen LogP contribution in [0.15, 0.2) is 24.3 Å². The van der Waals surface area contributed by atoms with Crippen LogP contribution >= 0.6 is 0 Å². The van der Waals surface area contributed by atoms with Gasteiger partial charge in [-0.25, -0.2) is 9.69 Å². The molecule has 1 saturated heterocycles. The summed E-state index contributed by atoms with van der Waals surface area (Å²) in [6, 6.07) is 6.01. The van der Waals surface area contributed by atoms with E-state index in [1.165, 1.54) is 0 Å². The summed E-state index contributed by atoms with van der Waals surface area (Å²) in [5.74, 6) is -0.350. The summed E-state index contributed by atoms with van der Waals surface area (Å²) >= 11 is 0. The van der Waals surface area contributed by atoms with Crippen LogP contribution in [0.4, 0.5) is 10.5 Å². The Labute approximate surface area is 115 Å². The lowest BCUT2D eigenvalue weighted by Crippen LogP contribution is -2.59. The SMILES string of the molecule is CCOc1cccc(N2C(=O)NC(=O)C3(CC3)C2=O)c1. The first-order chi connectivity index (χ1) is 9.58. The monoisotopic (exact) mass is 274 g/mol. The molecule has 3 rings (SSSR count). The van der Waals surface area contributed by atoms with Crippen molar-refractivity contribution in [3.63, 3.8) is 0 Å². The fourth-order valence-corrected chi connectivity index (χ4v) is 2.36. The second-order valence-electron chi connectivity index (χ2n) is 4.91.